The summed E-state index contributed by atoms with van der Waals surface area (Å²) in [5.41, 5.74) is 0.564. The Morgan fingerprint density at radius 2 is 1.70 bits per heavy atom. The number of aromatic nitrogens is 1. The predicted octanol–water partition coefficient (Wildman–Crippen LogP) is 5.14. The lowest BCUT2D eigenvalue weighted by molar-refractivity contribution is -0.149. The fraction of sp³-hybridized carbons (Fsp3) is 0.727. The number of hydrogen-bond donors (Lipinski definition) is 1. The molecule has 1 aromatic heterocycles. The second kappa shape index (κ2) is 9.43. The van der Waals surface area contributed by atoms with Gasteiger partial charge in [-0.2, -0.15) is 0 Å². The first kappa shape index (κ1) is 21.5. The second-order valence-electron chi connectivity index (χ2n) is 8.17. The van der Waals surface area contributed by atoms with Gasteiger partial charge in [0.1, 0.15) is 11.5 Å². The van der Waals surface area contributed by atoms with Gasteiger partial charge in [-0.3, -0.25) is 4.79 Å². The molecule has 2 unspecified atom stereocenters. The molecule has 5 heteroatoms. The van der Waals surface area contributed by atoms with Gasteiger partial charge in [-0.25, -0.2) is 4.79 Å². The number of ether oxygens (including phenoxy) is 1. The number of carboxylic acids is 1. The molecule has 27 heavy (non-hydrogen) atoms. The third-order valence-electron chi connectivity index (χ3n) is 5.97. The van der Waals surface area contributed by atoms with Crippen LogP contribution in [0.2, 0.25) is 0 Å². The second-order valence-corrected chi connectivity index (χ2v) is 8.17. The van der Waals surface area contributed by atoms with Gasteiger partial charge in [-0.1, -0.05) is 58.3 Å². The molecular weight excluding hydrogens is 342 g/mol. The van der Waals surface area contributed by atoms with E-state index in [0.717, 1.165) is 24.8 Å². The maximum absolute atomic E-state index is 12.5. The summed E-state index contributed by atoms with van der Waals surface area (Å²) < 4.78 is 7.40. The van der Waals surface area contributed by atoms with E-state index in [1.54, 1.807) is 18.5 Å². The zero-order valence-corrected chi connectivity index (χ0v) is 17.3. The normalized spacial score (nSPS) is 21.8. The molecule has 0 fully saturated rings. The lowest BCUT2D eigenvalue weighted by Crippen LogP contribution is -2.51. The number of aliphatic carboxylic acids is 1. The number of nitrogens with zero attached hydrogens (tertiary/aromatic N) is 1. The van der Waals surface area contributed by atoms with Crippen molar-refractivity contribution < 1.29 is 19.4 Å². The SMILES string of the molecule is CCCCCCCCCCCC1OC(=O)c2c(C)cn(C)c2C1(C)C(=O)O. The Morgan fingerprint density at radius 3 is 2.26 bits per heavy atom. The predicted molar refractivity (Wildman–Crippen MR) is 106 cm³/mol. The van der Waals surface area contributed by atoms with Gasteiger partial charge in [-0.05, 0) is 32.3 Å². The molecule has 152 valence electrons. The first-order valence-corrected chi connectivity index (χ1v) is 10.4. The average Bonchev–Trinajstić information content (AvgIpc) is 2.92. The molecule has 0 aromatic carbocycles. The van der Waals surface area contributed by atoms with Crippen LogP contribution in [0.3, 0.4) is 0 Å². The summed E-state index contributed by atoms with van der Waals surface area (Å²) in [6, 6.07) is 0. The minimum absolute atomic E-state index is 0.386. The summed E-state index contributed by atoms with van der Waals surface area (Å²) in [6.07, 6.45) is 12.6. The highest BCUT2D eigenvalue weighted by atomic mass is 16.5. The molecule has 2 heterocycles. The Bertz CT molecular complexity index is 664. The zero-order chi connectivity index (χ0) is 20.0. The van der Waals surface area contributed by atoms with Crippen molar-refractivity contribution in [3.8, 4) is 0 Å². The minimum Gasteiger partial charge on any atom is -0.480 e. The van der Waals surface area contributed by atoms with Gasteiger partial charge in [0, 0.05) is 13.2 Å². The Labute approximate surface area is 163 Å². The van der Waals surface area contributed by atoms with Crippen molar-refractivity contribution in [2.24, 2.45) is 7.05 Å². The van der Waals surface area contributed by atoms with E-state index in [1.807, 2.05) is 13.1 Å². The van der Waals surface area contributed by atoms with Crippen molar-refractivity contribution in [2.45, 2.75) is 96.5 Å². The summed E-state index contributed by atoms with van der Waals surface area (Å²) in [5, 5.41) is 9.97. The van der Waals surface area contributed by atoms with Gasteiger partial charge in [-0.15, -0.1) is 0 Å². The number of aryl methyl sites for hydroxylation is 2. The van der Waals surface area contributed by atoms with E-state index in [9.17, 15) is 14.7 Å². The Morgan fingerprint density at radius 1 is 1.15 bits per heavy atom. The minimum atomic E-state index is -1.20. The molecule has 1 aromatic rings. The summed E-state index contributed by atoms with van der Waals surface area (Å²) in [4.78, 5) is 24.6. The van der Waals surface area contributed by atoms with E-state index in [-0.39, 0.29) is 5.97 Å². The smallest absolute Gasteiger partial charge is 0.340 e. The Balaban J connectivity index is 1.94. The maximum Gasteiger partial charge on any atom is 0.340 e. The number of unbranched alkanes of at least 4 members (excludes halogenated alkanes) is 8. The van der Waals surface area contributed by atoms with Gasteiger partial charge < -0.3 is 14.4 Å². The molecule has 0 amide bonds. The van der Waals surface area contributed by atoms with Crippen LogP contribution in [0.25, 0.3) is 0 Å². The van der Waals surface area contributed by atoms with E-state index >= 15 is 0 Å². The molecular formula is C22H35NO4. The molecule has 0 saturated carbocycles. The third kappa shape index (κ3) is 4.56. The number of carboxylic acid groups (broad SMARTS) is 1. The van der Waals surface area contributed by atoms with E-state index in [1.165, 1.54) is 38.5 Å². The molecule has 1 aliphatic rings. The van der Waals surface area contributed by atoms with Crippen LogP contribution in [0.5, 0.6) is 0 Å². The van der Waals surface area contributed by atoms with E-state index in [4.69, 9.17) is 4.74 Å². The maximum atomic E-state index is 12.5. The van der Waals surface area contributed by atoms with Crippen LogP contribution in [-0.2, 0) is 22.0 Å². The van der Waals surface area contributed by atoms with Gasteiger partial charge in [0.05, 0.1) is 11.3 Å². The molecule has 2 atom stereocenters. The zero-order valence-electron chi connectivity index (χ0n) is 17.3. The van der Waals surface area contributed by atoms with Gasteiger partial charge in [0.15, 0.2) is 0 Å². The first-order chi connectivity index (χ1) is 12.8. The van der Waals surface area contributed by atoms with Gasteiger partial charge in [0.25, 0.3) is 0 Å². The number of carbonyl (C=O) groups excluding carboxylic acids is 1. The largest absolute Gasteiger partial charge is 0.480 e. The number of hydrogen-bond acceptors (Lipinski definition) is 3. The Kier molecular flexibility index (Phi) is 7.51. The fourth-order valence-corrected chi connectivity index (χ4v) is 4.35. The van der Waals surface area contributed by atoms with Crippen molar-refractivity contribution in [1.82, 2.24) is 4.57 Å². The lowest BCUT2D eigenvalue weighted by Gasteiger charge is -2.38. The monoisotopic (exact) mass is 377 g/mol. The number of fused-ring (bicyclic) bond motifs is 1. The van der Waals surface area contributed by atoms with Crippen LogP contribution >= 0.6 is 0 Å². The van der Waals surface area contributed by atoms with Crippen LogP contribution in [0, 0.1) is 6.92 Å². The lowest BCUT2D eigenvalue weighted by atomic mass is 9.75. The van der Waals surface area contributed by atoms with Crippen LogP contribution in [0.15, 0.2) is 6.20 Å². The highest BCUT2D eigenvalue weighted by Gasteiger charge is 2.53. The van der Waals surface area contributed by atoms with Crippen molar-refractivity contribution in [3.63, 3.8) is 0 Å². The summed E-state index contributed by atoms with van der Waals surface area (Å²) in [7, 11) is 1.81. The van der Waals surface area contributed by atoms with Crippen molar-refractivity contribution in [1.29, 1.82) is 0 Å². The third-order valence-corrected chi connectivity index (χ3v) is 5.97. The summed E-state index contributed by atoms with van der Waals surface area (Å²) in [6.45, 7) is 5.74. The summed E-state index contributed by atoms with van der Waals surface area (Å²) in [5.74, 6) is -1.32. The quantitative estimate of drug-likeness (QED) is 0.428. The standard InChI is InChI=1S/C22H35NO4/c1-5-6-7-8-9-10-11-12-13-14-17-22(3,21(25)26)19-18(20(24)27-17)16(2)15-23(19)4/h15,17H,5-14H2,1-4H3,(H,25,26). The van der Waals surface area contributed by atoms with Gasteiger partial charge >= 0.3 is 11.9 Å². The topological polar surface area (TPSA) is 68.5 Å². The summed E-state index contributed by atoms with van der Waals surface area (Å²) >= 11 is 0. The molecule has 0 aliphatic carbocycles. The first-order valence-electron chi connectivity index (χ1n) is 10.4. The average molecular weight is 378 g/mol. The van der Waals surface area contributed by atoms with Crippen molar-refractivity contribution >= 4 is 11.9 Å². The Hall–Kier alpha value is -1.78. The van der Waals surface area contributed by atoms with Crippen LogP contribution < -0.4 is 0 Å². The fourth-order valence-electron chi connectivity index (χ4n) is 4.35. The highest BCUT2D eigenvalue weighted by Crippen LogP contribution is 2.41. The van der Waals surface area contributed by atoms with Crippen LogP contribution in [-0.4, -0.2) is 27.7 Å². The van der Waals surface area contributed by atoms with E-state index in [0.29, 0.717) is 17.7 Å². The molecule has 0 radical (unpaired) electrons. The van der Waals surface area contributed by atoms with E-state index in [2.05, 4.69) is 6.92 Å². The molecule has 0 saturated heterocycles. The van der Waals surface area contributed by atoms with Crippen molar-refractivity contribution in [3.05, 3.63) is 23.0 Å². The molecule has 0 spiro atoms. The molecule has 1 N–H and O–H groups in total. The van der Waals surface area contributed by atoms with E-state index < -0.39 is 17.5 Å². The molecule has 0 bridgehead atoms. The number of esters is 1. The molecule has 5 nitrogen and oxygen atoms in total. The van der Waals surface area contributed by atoms with Gasteiger partial charge in [0.2, 0.25) is 0 Å². The number of carbonyl (C=O) groups is 2. The van der Waals surface area contributed by atoms with Crippen LogP contribution in [0.1, 0.15) is 99.7 Å². The van der Waals surface area contributed by atoms with Crippen LogP contribution in [0.4, 0.5) is 0 Å². The number of rotatable bonds is 11. The molecule has 1 aliphatic heterocycles. The highest BCUT2D eigenvalue weighted by molar-refractivity contribution is 5.98. The number of cyclic esters (lactones) is 1. The molecule has 2 rings (SSSR count). The van der Waals surface area contributed by atoms with Crippen molar-refractivity contribution in [2.75, 3.05) is 0 Å².